The SMILES string of the molecule is CCOc1ccc(N(CC(=O)N(Cc2cccc(Br)c2)[C@@H](Cc2ccccc2)C(=O)NC2CCCCC2)S(=O)(=O)c2ccc(Br)cc2)cc1. The molecule has 49 heavy (non-hydrogen) atoms. The summed E-state index contributed by atoms with van der Waals surface area (Å²) in [5, 5.41) is 3.24. The van der Waals surface area contributed by atoms with Gasteiger partial charge in [0.25, 0.3) is 10.0 Å². The van der Waals surface area contributed by atoms with E-state index in [2.05, 4.69) is 37.2 Å². The topological polar surface area (TPSA) is 96.0 Å². The lowest BCUT2D eigenvalue weighted by atomic mass is 9.94. The predicted octanol–water partition coefficient (Wildman–Crippen LogP) is 7.89. The molecule has 0 radical (unpaired) electrons. The standard InChI is InChI=1S/C38H41Br2N3O5S/c1-2-48-34-20-18-33(19-21-34)43(49(46,47)35-22-16-30(39)17-23-35)27-37(44)42(26-29-12-9-13-31(40)24-29)36(25-28-10-5-3-6-11-28)38(45)41-32-14-7-4-8-15-32/h3,5-6,9-13,16-24,32,36H,2,4,7-8,14-15,25-27H2,1H3,(H,41,45)/t36-/m0/s1. The molecule has 0 aromatic heterocycles. The first-order valence-electron chi connectivity index (χ1n) is 16.5. The average molecular weight is 812 g/mol. The molecule has 0 heterocycles. The Kier molecular flexibility index (Phi) is 12.9. The first-order chi connectivity index (χ1) is 23.6. The number of anilines is 1. The fourth-order valence-corrected chi connectivity index (χ4v) is 8.19. The molecule has 1 N–H and O–H groups in total. The van der Waals surface area contributed by atoms with Gasteiger partial charge in [0.1, 0.15) is 18.3 Å². The monoisotopic (exact) mass is 809 g/mol. The van der Waals surface area contributed by atoms with Crippen molar-refractivity contribution in [1.82, 2.24) is 10.2 Å². The second kappa shape index (κ2) is 17.3. The zero-order chi connectivity index (χ0) is 34.8. The second-order valence-electron chi connectivity index (χ2n) is 12.1. The Labute approximate surface area is 306 Å². The number of ether oxygens (including phenoxy) is 1. The Hall–Kier alpha value is -3.67. The van der Waals surface area contributed by atoms with E-state index in [9.17, 15) is 18.0 Å². The highest BCUT2D eigenvalue weighted by molar-refractivity contribution is 9.10. The van der Waals surface area contributed by atoms with Gasteiger partial charge in [0.15, 0.2) is 0 Å². The minimum atomic E-state index is -4.22. The lowest BCUT2D eigenvalue weighted by Crippen LogP contribution is -2.55. The number of nitrogens with one attached hydrogen (secondary N) is 1. The molecular formula is C38H41Br2N3O5S. The largest absolute Gasteiger partial charge is 0.494 e. The molecule has 258 valence electrons. The number of carbonyl (C=O) groups excluding carboxylic acids is 2. The van der Waals surface area contributed by atoms with Crippen molar-refractivity contribution in [2.24, 2.45) is 0 Å². The summed E-state index contributed by atoms with van der Waals surface area (Å²) >= 11 is 6.92. The molecule has 5 rings (SSSR count). The molecule has 1 aliphatic rings. The molecule has 0 unspecified atom stereocenters. The normalized spacial score (nSPS) is 14.1. The van der Waals surface area contributed by atoms with Gasteiger partial charge in [-0.2, -0.15) is 0 Å². The average Bonchev–Trinajstić information content (AvgIpc) is 3.10. The Morgan fingerprint density at radius 3 is 2.16 bits per heavy atom. The molecule has 4 aromatic carbocycles. The molecule has 0 bridgehead atoms. The quantitative estimate of drug-likeness (QED) is 0.140. The van der Waals surface area contributed by atoms with E-state index in [1.54, 1.807) is 36.4 Å². The summed E-state index contributed by atoms with van der Waals surface area (Å²) in [4.78, 5) is 30.6. The van der Waals surface area contributed by atoms with Crippen LogP contribution in [-0.4, -0.2) is 50.4 Å². The van der Waals surface area contributed by atoms with Crippen LogP contribution in [-0.2, 0) is 32.6 Å². The Bertz CT molecular complexity index is 1800. The van der Waals surface area contributed by atoms with Crippen molar-refractivity contribution >= 4 is 59.4 Å². The van der Waals surface area contributed by atoms with Crippen molar-refractivity contribution < 1.29 is 22.7 Å². The number of carbonyl (C=O) groups is 2. The fraction of sp³-hybridized carbons (Fsp3) is 0.316. The molecule has 1 saturated carbocycles. The number of rotatable bonds is 14. The van der Waals surface area contributed by atoms with Gasteiger partial charge in [0, 0.05) is 28.0 Å². The molecule has 0 aliphatic heterocycles. The molecule has 4 aromatic rings. The summed E-state index contributed by atoms with van der Waals surface area (Å²) in [6.45, 7) is 1.90. The van der Waals surface area contributed by atoms with E-state index in [0.717, 1.165) is 56.5 Å². The maximum absolute atomic E-state index is 14.7. The van der Waals surface area contributed by atoms with E-state index in [0.29, 0.717) is 18.0 Å². The van der Waals surface area contributed by atoms with E-state index in [4.69, 9.17) is 4.74 Å². The van der Waals surface area contributed by atoms with Gasteiger partial charge < -0.3 is 15.0 Å². The Balaban J connectivity index is 1.56. The summed E-state index contributed by atoms with van der Waals surface area (Å²) in [5.41, 5.74) is 1.99. The van der Waals surface area contributed by atoms with Crippen LogP contribution in [0.5, 0.6) is 5.75 Å². The molecule has 1 aliphatic carbocycles. The van der Waals surface area contributed by atoms with Gasteiger partial charge in [-0.3, -0.25) is 13.9 Å². The van der Waals surface area contributed by atoms with Crippen molar-refractivity contribution in [3.05, 3.63) is 123 Å². The van der Waals surface area contributed by atoms with Gasteiger partial charge >= 0.3 is 0 Å². The third-order valence-electron chi connectivity index (χ3n) is 8.58. The van der Waals surface area contributed by atoms with E-state index < -0.39 is 28.5 Å². The maximum atomic E-state index is 14.7. The van der Waals surface area contributed by atoms with Gasteiger partial charge in [-0.05, 0) is 91.6 Å². The van der Waals surface area contributed by atoms with Crippen LogP contribution >= 0.6 is 31.9 Å². The lowest BCUT2D eigenvalue weighted by molar-refractivity contribution is -0.140. The van der Waals surface area contributed by atoms with E-state index in [1.807, 2.05) is 61.5 Å². The van der Waals surface area contributed by atoms with Crippen LogP contribution in [0, 0.1) is 0 Å². The van der Waals surface area contributed by atoms with Crippen LogP contribution < -0.4 is 14.4 Å². The summed E-state index contributed by atoms with van der Waals surface area (Å²) in [6.07, 6.45) is 5.27. The van der Waals surface area contributed by atoms with E-state index in [1.165, 1.54) is 17.0 Å². The molecule has 8 nitrogen and oxygen atoms in total. The van der Waals surface area contributed by atoms with Crippen LogP contribution in [0.3, 0.4) is 0 Å². The molecule has 0 saturated heterocycles. The molecule has 11 heteroatoms. The number of benzene rings is 4. The van der Waals surface area contributed by atoms with Gasteiger partial charge in [-0.1, -0.05) is 93.6 Å². The van der Waals surface area contributed by atoms with Crippen molar-refractivity contribution in [2.45, 2.75) is 69.0 Å². The van der Waals surface area contributed by atoms with Gasteiger partial charge in [0.2, 0.25) is 11.8 Å². The molecule has 1 fully saturated rings. The van der Waals surface area contributed by atoms with Gasteiger partial charge in [0.05, 0.1) is 17.2 Å². The zero-order valence-corrected chi connectivity index (χ0v) is 31.4. The fourth-order valence-electron chi connectivity index (χ4n) is 6.07. The molecule has 0 spiro atoms. The third-order valence-corrected chi connectivity index (χ3v) is 11.4. The third kappa shape index (κ3) is 9.95. The number of hydrogen-bond acceptors (Lipinski definition) is 5. The number of hydrogen-bond donors (Lipinski definition) is 1. The lowest BCUT2D eigenvalue weighted by Gasteiger charge is -2.35. The van der Waals surface area contributed by atoms with Crippen molar-refractivity contribution in [1.29, 1.82) is 0 Å². The first-order valence-corrected chi connectivity index (χ1v) is 19.6. The highest BCUT2D eigenvalue weighted by Crippen LogP contribution is 2.28. The zero-order valence-electron chi connectivity index (χ0n) is 27.4. The van der Waals surface area contributed by atoms with Gasteiger partial charge in [-0.15, -0.1) is 0 Å². The highest BCUT2D eigenvalue weighted by Gasteiger charge is 2.35. The number of sulfonamides is 1. The number of amides is 2. The van der Waals surface area contributed by atoms with Crippen LogP contribution in [0.1, 0.15) is 50.2 Å². The predicted molar refractivity (Wildman–Crippen MR) is 200 cm³/mol. The summed E-state index contributed by atoms with van der Waals surface area (Å²) in [5.74, 6) is -0.172. The summed E-state index contributed by atoms with van der Waals surface area (Å²) < 4.78 is 36.9. The van der Waals surface area contributed by atoms with E-state index in [-0.39, 0.29) is 29.8 Å². The van der Waals surface area contributed by atoms with Crippen LogP contribution in [0.4, 0.5) is 5.69 Å². The number of halogens is 2. The highest BCUT2D eigenvalue weighted by atomic mass is 79.9. The summed E-state index contributed by atoms with van der Waals surface area (Å²) in [7, 11) is -4.22. The van der Waals surface area contributed by atoms with Crippen LogP contribution in [0.25, 0.3) is 0 Å². The molecule has 2 amide bonds. The minimum Gasteiger partial charge on any atom is -0.494 e. The minimum absolute atomic E-state index is 0.0282. The first kappa shape index (κ1) is 36.6. The maximum Gasteiger partial charge on any atom is 0.264 e. The smallest absolute Gasteiger partial charge is 0.264 e. The second-order valence-corrected chi connectivity index (χ2v) is 15.8. The molecule has 1 atom stereocenters. The number of nitrogens with zero attached hydrogens (tertiary/aromatic N) is 2. The molecular weight excluding hydrogens is 770 g/mol. The van der Waals surface area contributed by atoms with Crippen molar-refractivity contribution in [3.63, 3.8) is 0 Å². The Morgan fingerprint density at radius 2 is 1.51 bits per heavy atom. The van der Waals surface area contributed by atoms with Crippen molar-refractivity contribution in [2.75, 3.05) is 17.5 Å². The van der Waals surface area contributed by atoms with Crippen molar-refractivity contribution in [3.8, 4) is 5.75 Å². The van der Waals surface area contributed by atoms with E-state index >= 15 is 0 Å². The van der Waals surface area contributed by atoms with Gasteiger partial charge in [-0.25, -0.2) is 8.42 Å². The summed E-state index contributed by atoms with van der Waals surface area (Å²) in [6, 6.07) is 29.2. The van der Waals surface area contributed by atoms with Crippen LogP contribution in [0.2, 0.25) is 0 Å². The van der Waals surface area contributed by atoms with Crippen LogP contribution in [0.15, 0.2) is 117 Å². The Morgan fingerprint density at radius 1 is 0.837 bits per heavy atom.